The van der Waals surface area contributed by atoms with Gasteiger partial charge < -0.3 is 0 Å². The number of hydrogen-bond donors (Lipinski definition) is 0. The van der Waals surface area contributed by atoms with E-state index in [1.54, 1.807) is 17.5 Å². The van der Waals surface area contributed by atoms with Crippen molar-refractivity contribution >= 4 is 44.4 Å². The predicted octanol–water partition coefficient (Wildman–Crippen LogP) is 2.58. The van der Waals surface area contributed by atoms with Gasteiger partial charge in [0.2, 0.25) is 0 Å². The number of rotatable bonds is 5. The van der Waals surface area contributed by atoms with Gasteiger partial charge in [0.25, 0.3) is 0 Å². The van der Waals surface area contributed by atoms with E-state index >= 15 is 0 Å². The maximum atomic E-state index is 11.6. The molecule has 1 saturated heterocycles. The Morgan fingerprint density at radius 2 is 2.17 bits per heavy atom. The SMILES string of the molecule is O=S1(=O)CCC(C(CCl)(CCl)Cc2nccs2)C1. The molecule has 1 fully saturated rings. The molecule has 1 aromatic heterocycles. The average Bonchev–Trinajstić information content (AvgIpc) is 2.95. The van der Waals surface area contributed by atoms with E-state index in [4.69, 9.17) is 23.2 Å². The van der Waals surface area contributed by atoms with Crippen LogP contribution in [0.5, 0.6) is 0 Å². The summed E-state index contributed by atoms with van der Waals surface area (Å²) in [5.74, 6) is 1.25. The quantitative estimate of drug-likeness (QED) is 0.781. The molecular formula is C11H15Cl2NO2S2. The second-order valence-corrected chi connectivity index (χ2v) is 8.57. The second kappa shape index (κ2) is 5.65. The number of nitrogens with zero attached hydrogens (tertiary/aromatic N) is 1. The molecule has 1 aromatic rings. The van der Waals surface area contributed by atoms with Gasteiger partial charge in [-0.15, -0.1) is 34.5 Å². The normalized spacial score (nSPS) is 23.3. The van der Waals surface area contributed by atoms with Gasteiger partial charge in [-0.1, -0.05) is 0 Å². The Bertz CT molecular complexity index is 483. The third kappa shape index (κ3) is 3.00. The first kappa shape index (κ1) is 14.6. The van der Waals surface area contributed by atoms with Gasteiger partial charge in [0, 0.05) is 35.2 Å². The lowest BCUT2D eigenvalue weighted by Crippen LogP contribution is -2.37. The molecule has 0 N–H and O–H groups in total. The third-order valence-corrected chi connectivity index (χ3v) is 7.23. The van der Waals surface area contributed by atoms with Gasteiger partial charge in [-0.25, -0.2) is 13.4 Å². The highest BCUT2D eigenvalue weighted by atomic mass is 35.5. The van der Waals surface area contributed by atoms with Crippen LogP contribution in [-0.2, 0) is 16.3 Å². The molecule has 1 unspecified atom stereocenters. The Morgan fingerprint density at radius 1 is 1.44 bits per heavy atom. The summed E-state index contributed by atoms with van der Waals surface area (Å²) in [7, 11) is -2.91. The van der Waals surface area contributed by atoms with E-state index in [-0.39, 0.29) is 22.8 Å². The first-order valence-electron chi connectivity index (χ1n) is 5.72. The molecule has 18 heavy (non-hydrogen) atoms. The summed E-state index contributed by atoms with van der Waals surface area (Å²) in [6.07, 6.45) is 3.07. The first-order chi connectivity index (χ1) is 8.51. The minimum Gasteiger partial charge on any atom is -0.250 e. The number of hydrogen-bond acceptors (Lipinski definition) is 4. The molecule has 0 bridgehead atoms. The van der Waals surface area contributed by atoms with Crippen molar-refractivity contribution in [2.45, 2.75) is 12.8 Å². The molecular weight excluding hydrogens is 313 g/mol. The molecule has 0 spiro atoms. The zero-order valence-electron chi connectivity index (χ0n) is 9.81. The molecule has 0 saturated carbocycles. The van der Waals surface area contributed by atoms with Crippen LogP contribution in [0.25, 0.3) is 0 Å². The number of halogens is 2. The van der Waals surface area contributed by atoms with Gasteiger partial charge in [-0.3, -0.25) is 0 Å². The lowest BCUT2D eigenvalue weighted by molar-refractivity contribution is 0.244. The molecule has 0 amide bonds. The largest absolute Gasteiger partial charge is 0.250 e. The minimum absolute atomic E-state index is 0.0430. The zero-order chi connectivity index (χ0) is 13.2. The Morgan fingerprint density at radius 3 is 2.61 bits per heavy atom. The highest BCUT2D eigenvalue weighted by Gasteiger charge is 2.44. The van der Waals surface area contributed by atoms with Crippen LogP contribution in [-0.4, -0.2) is 36.7 Å². The lowest BCUT2D eigenvalue weighted by Gasteiger charge is -2.34. The fourth-order valence-electron chi connectivity index (χ4n) is 2.41. The molecule has 1 aliphatic rings. The Hall–Kier alpha value is 0.160. The van der Waals surface area contributed by atoms with Crippen molar-refractivity contribution in [3.8, 4) is 0 Å². The first-order valence-corrected chi connectivity index (χ1v) is 9.49. The van der Waals surface area contributed by atoms with Crippen LogP contribution in [0.15, 0.2) is 11.6 Å². The summed E-state index contributed by atoms with van der Waals surface area (Å²) in [5, 5.41) is 2.88. The highest BCUT2D eigenvalue weighted by molar-refractivity contribution is 7.91. The summed E-state index contributed by atoms with van der Waals surface area (Å²) in [6.45, 7) is 0. The fraction of sp³-hybridized carbons (Fsp3) is 0.727. The molecule has 1 atom stereocenters. The van der Waals surface area contributed by atoms with Crippen molar-refractivity contribution in [1.29, 1.82) is 0 Å². The van der Waals surface area contributed by atoms with Crippen LogP contribution < -0.4 is 0 Å². The van der Waals surface area contributed by atoms with E-state index in [1.807, 2.05) is 5.38 Å². The van der Waals surface area contributed by atoms with Gasteiger partial charge in [0.05, 0.1) is 16.5 Å². The van der Waals surface area contributed by atoms with Crippen molar-refractivity contribution in [2.75, 3.05) is 23.3 Å². The van der Waals surface area contributed by atoms with Gasteiger partial charge in [-0.2, -0.15) is 0 Å². The van der Waals surface area contributed by atoms with Crippen LogP contribution in [0.2, 0.25) is 0 Å². The summed E-state index contributed by atoms with van der Waals surface area (Å²) in [5.41, 5.74) is -0.357. The van der Waals surface area contributed by atoms with Crippen LogP contribution in [0.3, 0.4) is 0 Å². The Kier molecular flexibility index (Phi) is 4.57. The van der Waals surface area contributed by atoms with Crippen molar-refractivity contribution < 1.29 is 8.42 Å². The summed E-state index contributed by atoms with van der Waals surface area (Å²) >= 11 is 13.8. The van der Waals surface area contributed by atoms with Gasteiger partial charge in [0.15, 0.2) is 9.84 Å². The molecule has 7 heteroatoms. The van der Waals surface area contributed by atoms with Crippen LogP contribution >= 0.6 is 34.5 Å². The predicted molar refractivity (Wildman–Crippen MR) is 76.5 cm³/mol. The lowest BCUT2D eigenvalue weighted by atomic mass is 9.75. The van der Waals surface area contributed by atoms with Crippen molar-refractivity contribution in [3.63, 3.8) is 0 Å². The average molecular weight is 328 g/mol. The molecule has 0 aliphatic carbocycles. The maximum Gasteiger partial charge on any atom is 0.150 e. The van der Waals surface area contributed by atoms with Gasteiger partial charge in [0.1, 0.15) is 0 Å². The van der Waals surface area contributed by atoms with E-state index < -0.39 is 9.84 Å². The monoisotopic (exact) mass is 327 g/mol. The molecule has 0 radical (unpaired) electrons. The van der Waals surface area contributed by atoms with Gasteiger partial charge in [-0.05, 0) is 12.3 Å². The molecule has 0 aromatic carbocycles. The van der Waals surface area contributed by atoms with Crippen molar-refractivity contribution in [2.24, 2.45) is 11.3 Å². The third-order valence-electron chi connectivity index (χ3n) is 3.62. The number of thiazole rings is 1. The summed E-state index contributed by atoms with van der Waals surface area (Å²) < 4.78 is 23.2. The molecule has 2 heterocycles. The maximum absolute atomic E-state index is 11.6. The van der Waals surface area contributed by atoms with Crippen LogP contribution in [0, 0.1) is 11.3 Å². The van der Waals surface area contributed by atoms with Crippen LogP contribution in [0.4, 0.5) is 0 Å². The molecule has 2 rings (SSSR count). The van der Waals surface area contributed by atoms with Crippen molar-refractivity contribution in [3.05, 3.63) is 16.6 Å². The molecule has 102 valence electrons. The number of alkyl halides is 2. The molecule has 1 aliphatic heterocycles. The van der Waals surface area contributed by atoms with Gasteiger partial charge >= 0.3 is 0 Å². The van der Waals surface area contributed by atoms with E-state index in [0.717, 1.165) is 5.01 Å². The fourth-order valence-corrected chi connectivity index (χ4v) is 6.04. The Labute approximate surface area is 121 Å². The van der Waals surface area contributed by atoms with E-state index in [1.165, 1.54) is 0 Å². The molecule has 3 nitrogen and oxygen atoms in total. The smallest absolute Gasteiger partial charge is 0.150 e. The number of sulfone groups is 1. The minimum atomic E-state index is -2.91. The summed E-state index contributed by atoms with van der Waals surface area (Å²) in [6, 6.07) is 0. The zero-order valence-corrected chi connectivity index (χ0v) is 13.0. The summed E-state index contributed by atoms with van der Waals surface area (Å²) in [4.78, 5) is 4.26. The van der Waals surface area contributed by atoms with E-state index in [2.05, 4.69) is 4.98 Å². The Balaban J connectivity index is 2.21. The van der Waals surface area contributed by atoms with E-state index in [9.17, 15) is 8.42 Å². The topological polar surface area (TPSA) is 47.0 Å². The second-order valence-electron chi connectivity index (χ2n) is 4.83. The van der Waals surface area contributed by atoms with Crippen LogP contribution in [0.1, 0.15) is 11.4 Å². The number of aromatic nitrogens is 1. The van der Waals surface area contributed by atoms with E-state index in [0.29, 0.717) is 24.6 Å². The standard InChI is InChI=1S/C11H15Cl2NO2S2/c12-7-11(8-13,5-10-14-2-3-17-10)9-1-4-18(15,16)6-9/h2-3,9H,1,4-8H2. The highest BCUT2D eigenvalue weighted by Crippen LogP contribution is 2.41. The van der Waals surface area contributed by atoms with Crippen molar-refractivity contribution in [1.82, 2.24) is 4.98 Å².